The molecular weight excluding hydrogens is 350 g/mol. The second-order valence-electron chi connectivity index (χ2n) is 4.84. The average molecular weight is 374 g/mol. The van der Waals surface area contributed by atoms with Crippen LogP contribution in [0, 0.1) is 0 Å². The number of amides is 2. The van der Waals surface area contributed by atoms with Crippen molar-refractivity contribution in [1.29, 1.82) is 0 Å². The lowest BCUT2D eigenvalue weighted by Crippen LogP contribution is -2.32. The fraction of sp³-hybridized carbons (Fsp3) is 0.467. The molecule has 9 heteroatoms. The Labute approximate surface area is 147 Å². The summed E-state index contributed by atoms with van der Waals surface area (Å²) in [5.74, 6) is 0.189. The van der Waals surface area contributed by atoms with Gasteiger partial charge in [-0.05, 0) is 45.2 Å². The normalized spacial score (nSPS) is 11.1. The minimum atomic E-state index is -3.49. The lowest BCUT2D eigenvalue weighted by Gasteiger charge is -2.18. The van der Waals surface area contributed by atoms with E-state index in [2.05, 4.69) is 10.0 Å². The zero-order valence-corrected chi connectivity index (χ0v) is 15.7. The van der Waals surface area contributed by atoms with Crippen LogP contribution in [0.2, 0.25) is 0 Å². The maximum Gasteiger partial charge on any atom is 0.240 e. The quantitative estimate of drug-likeness (QED) is 0.677. The predicted molar refractivity (Wildman–Crippen MR) is 96.6 cm³/mol. The van der Waals surface area contributed by atoms with Gasteiger partial charge in [0.25, 0.3) is 0 Å². The molecule has 0 saturated heterocycles. The molecule has 24 heavy (non-hydrogen) atoms. The van der Waals surface area contributed by atoms with Gasteiger partial charge in [0.05, 0.1) is 16.4 Å². The van der Waals surface area contributed by atoms with Crippen LogP contribution in [0.25, 0.3) is 0 Å². The summed E-state index contributed by atoms with van der Waals surface area (Å²) in [4.78, 5) is 25.5. The zero-order valence-electron chi connectivity index (χ0n) is 14.0. The van der Waals surface area contributed by atoms with E-state index in [1.165, 1.54) is 43.1 Å². The summed E-state index contributed by atoms with van der Waals surface area (Å²) in [5.41, 5.74) is 0.505. The van der Waals surface area contributed by atoms with E-state index in [0.717, 1.165) is 0 Å². The molecule has 1 aromatic rings. The molecule has 0 spiro atoms. The molecule has 0 aliphatic carbocycles. The van der Waals surface area contributed by atoms with Gasteiger partial charge in [0.1, 0.15) is 0 Å². The Hall–Kier alpha value is -1.58. The third-order valence-corrected chi connectivity index (χ3v) is 5.64. The molecule has 0 bridgehead atoms. The SMILES string of the molecule is CCN(CC)C(=O)CSCC(=O)Nc1ccc(S(=O)(=O)NC)cc1. The van der Waals surface area contributed by atoms with Crippen molar-refractivity contribution in [2.75, 3.05) is 37.0 Å². The molecule has 0 unspecified atom stereocenters. The first kappa shape index (κ1) is 20.5. The zero-order chi connectivity index (χ0) is 18.2. The summed E-state index contributed by atoms with van der Waals surface area (Å²) in [6, 6.07) is 5.87. The monoisotopic (exact) mass is 373 g/mol. The van der Waals surface area contributed by atoms with Crippen LogP contribution in [0.5, 0.6) is 0 Å². The number of thioether (sulfide) groups is 1. The molecule has 0 fully saturated rings. The molecule has 0 heterocycles. The number of nitrogens with zero attached hydrogens (tertiary/aromatic N) is 1. The molecule has 134 valence electrons. The molecule has 1 aromatic carbocycles. The highest BCUT2D eigenvalue weighted by atomic mass is 32.2. The number of rotatable bonds is 9. The van der Waals surface area contributed by atoms with Gasteiger partial charge in [-0.15, -0.1) is 11.8 Å². The second-order valence-corrected chi connectivity index (χ2v) is 7.71. The molecule has 0 aromatic heterocycles. The van der Waals surface area contributed by atoms with Crippen molar-refractivity contribution in [3.63, 3.8) is 0 Å². The van der Waals surface area contributed by atoms with Crippen molar-refractivity contribution in [2.45, 2.75) is 18.7 Å². The summed E-state index contributed by atoms with van der Waals surface area (Å²) in [7, 11) is -2.15. The fourth-order valence-corrected chi connectivity index (χ4v) is 3.38. The highest BCUT2D eigenvalue weighted by Gasteiger charge is 2.12. The Bertz CT molecular complexity index is 656. The van der Waals surface area contributed by atoms with Crippen LogP contribution in [0.1, 0.15) is 13.8 Å². The minimum absolute atomic E-state index is 0.0134. The van der Waals surface area contributed by atoms with Gasteiger partial charge in [0.15, 0.2) is 0 Å². The van der Waals surface area contributed by atoms with Gasteiger partial charge in [0.2, 0.25) is 21.8 Å². The molecule has 1 rings (SSSR count). The largest absolute Gasteiger partial charge is 0.343 e. The van der Waals surface area contributed by atoms with Crippen LogP contribution in [0.4, 0.5) is 5.69 Å². The maximum absolute atomic E-state index is 11.9. The number of hydrogen-bond acceptors (Lipinski definition) is 5. The molecule has 0 aliphatic heterocycles. The van der Waals surface area contributed by atoms with Gasteiger partial charge in [-0.3, -0.25) is 9.59 Å². The lowest BCUT2D eigenvalue weighted by molar-refractivity contribution is -0.127. The van der Waals surface area contributed by atoms with E-state index >= 15 is 0 Å². The number of benzene rings is 1. The predicted octanol–water partition coefficient (Wildman–Crippen LogP) is 1.13. The van der Waals surface area contributed by atoms with E-state index in [0.29, 0.717) is 18.8 Å². The van der Waals surface area contributed by atoms with Gasteiger partial charge in [-0.1, -0.05) is 0 Å². The topological polar surface area (TPSA) is 95.6 Å². The molecule has 0 atom stereocenters. The average Bonchev–Trinajstić information content (AvgIpc) is 2.56. The Morgan fingerprint density at radius 2 is 1.67 bits per heavy atom. The van der Waals surface area contributed by atoms with Crippen molar-refractivity contribution in [2.24, 2.45) is 0 Å². The molecule has 2 N–H and O–H groups in total. The highest BCUT2D eigenvalue weighted by molar-refractivity contribution is 8.00. The van der Waals surface area contributed by atoms with Crippen LogP contribution < -0.4 is 10.0 Å². The lowest BCUT2D eigenvalue weighted by atomic mass is 10.3. The summed E-state index contributed by atoms with van der Waals surface area (Å²) in [6.45, 7) is 5.14. The fourth-order valence-electron chi connectivity index (χ4n) is 1.93. The van der Waals surface area contributed by atoms with Crippen LogP contribution in [0.3, 0.4) is 0 Å². The highest BCUT2D eigenvalue weighted by Crippen LogP contribution is 2.14. The Morgan fingerprint density at radius 1 is 1.08 bits per heavy atom. The third kappa shape index (κ3) is 6.14. The van der Waals surface area contributed by atoms with Crippen molar-refractivity contribution < 1.29 is 18.0 Å². The van der Waals surface area contributed by atoms with Crippen molar-refractivity contribution in [3.8, 4) is 0 Å². The van der Waals surface area contributed by atoms with E-state index in [4.69, 9.17) is 0 Å². The first-order valence-corrected chi connectivity index (χ1v) is 10.2. The molecule has 0 aliphatic rings. The number of anilines is 1. The van der Waals surface area contributed by atoms with Crippen molar-refractivity contribution in [3.05, 3.63) is 24.3 Å². The molecule has 2 amide bonds. The molecule has 0 radical (unpaired) electrons. The van der Waals surface area contributed by atoms with Gasteiger partial charge < -0.3 is 10.2 Å². The van der Waals surface area contributed by atoms with Crippen molar-refractivity contribution in [1.82, 2.24) is 9.62 Å². The van der Waals surface area contributed by atoms with Gasteiger partial charge in [-0.25, -0.2) is 13.1 Å². The summed E-state index contributed by atoms with van der Waals surface area (Å²) in [6.07, 6.45) is 0. The van der Waals surface area contributed by atoms with Gasteiger partial charge in [-0.2, -0.15) is 0 Å². The van der Waals surface area contributed by atoms with E-state index in [9.17, 15) is 18.0 Å². The van der Waals surface area contributed by atoms with Crippen molar-refractivity contribution >= 4 is 39.3 Å². The third-order valence-electron chi connectivity index (χ3n) is 3.29. The van der Waals surface area contributed by atoms with Crippen LogP contribution in [-0.2, 0) is 19.6 Å². The van der Waals surface area contributed by atoms with E-state index in [1.807, 2.05) is 13.8 Å². The summed E-state index contributed by atoms with van der Waals surface area (Å²) in [5, 5.41) is 2.67. The number of hydrogen-bond donors (Lipinski definition) is 2. The maximum atomic E-state index is 11.9. The van der Waals surface area contributed by atoms with Crippen LogP contribution in [0.15, 0.2) is 29.2 Å². The van der Waals surface area contributed by atoms with E-state index in [-0.39, 0.29) is 28.2 Å². The molecule has 0 saturated carbocycles. The number of nitrogens with one attached hydrogen (secondary N) is 2. The summed E-state index contributed by atoms with van der Waals surface area (Å²) < 4.78 is 25.4. The minimum Gasteiger partial charge on any atom is -0.343 e. The number of carbonyl (C=O) groups excluding carboxylic acids is 2. The van der Waals surface area contributed by atoms with E-state index in [1.54, 1.807) is 4.90 Å². The Morgan fingerprint density at radius 3 is 2.17 bits per heavy atom. The Kier molecular flexibility index (Phi) is 8.23. The molecular formula is C15H23N3O4S2. The van der Waals surface area contributed by atoms with Crippen LogP contribution >= 0.6 is 11.8 Å². The van der Waals surface area contributed by atoms with Crippen LogP contribution in [-0.4, -0.2) is 56.8 Å². The first-order valence-electron chi connectivity index (χ1n) is 7.53. The molecule has 7 nitrogen and oxygen atoms in total. The van der Waals surface area contributed by atoms with E-state index < -0.39 is 10.0 Å². The van der Waals surface area contributed by atoms with Gasteiger partial charge in [0, 0.05) is 18.8 Å². The van der Waals surface area contributed by atoms with Gasteiger partial charge >= 0.3 is 0 Å². The smallest absolute Gasteiger partial charge is 0.240 e. The Balaban J connectivity index is 2.47. The first-order chi connectivity index (χ1) is 11.3. The second kappa shape index (κ2) is 9.65. The number of carbonyl (C=O) groups is 2. The summed E-state index contributed by atoms with van der Waals surface area (Å²) >= 11 is 1.25. The number of sulfonamides is 1. The standard InChI is InChI=1S/C15H23N3O4S2/c1-4-18(5-2)15(20)11-23-10-14(19)17-12-6-8-13(9-7-12)24(21,22)16-3/h6-9,16H,4-5,10-11H2,1-3H3,(H,17,19).